The van der Waals surface area contributed by atoms with E-state index in [0.717, 1.165) is 54.5 Å². The molecule has 0 aliphatic carbocycles. The Balaban J connectivity index is 0.00000272. The molecular weight excluding hydrogens is 437 g/mol. The number of carbonyl (C=O) groups excluding carboxylic acids is 1. The van der Waals surface area contributed by atoms with Crippen LogP contribution in [-0.4, -0.2) is 70.1 Å². The Bertz CT molecular complexity index is 1080. The Labute approximate surface area is 193 Å². The van der Waals surface area contributed by atoms with E-state index in [4.69, 9.17) is 26.6 Å². The van der Waals surface area contributed by atoms with Crippen molar-refractivity contribution in [2.75, 3.05) is 44.7 Å². The molecule has 1 fully saturated rings. The zero-order chi connectivity index (χ0) is 21.3. The molecule has 0 radical (unpaired) electrons. The normalized spacial score (nSPS) is 14.5. The molecule has 0 spiro atoms. The number of rotatable bonds is 5. The van der Waals surface area contributed by atoms with E-state index in [1.54, 1.807) is 0 Å². The fourth-order valence-corrected chi connectivity index (χ4v) is 3.95. The molecule has 0 atom stereocenters. The number of amides is 1. The van der Waals surface area contributed by atoms with E-state index < -0.39 is 0 Å². The first-order valence-corrected chi connectivity index (χ1v) is 10.5. The highest BCUT2D eigenvalue weighted by Crippen LogP contribution is 2.32. The maximum absolute atomic E-state index is 11.4. The number of piperazine rings is 1. The summed E-state index contributed by atoms with van der Waals surface area (Å²) >= 11 is 6.50. The molecule has 1 amide bonds. The number of hydrogen-bond donors (Lipinski definition) is 1. The summed E-state index contributed by atoms with van der Waals surface area (Å²) in [5.74, 6) is 2.22. The molecule has 0 unspecified atom stereocenters. The van der Waals surface area contributed by atoms with Crippen LogP contribution in [0.25, 0.3) is 22.6 Å². The predicted molar refractivity (Wildman–Crippen MR) is 126 cm³/mol. The number of imidazole rings is 1. The number of benzene rings is 1. The summed E-state index contributed by atoms with van der Waals surface area (Å²) in [4.78, 5) is 30.4. The highest BCUT2D eigenvalue weighted by atomic mass is 35.5. The van der Waals surface area contributed by atoms with Crippen LogP contribution >= 0.6 is 24.0 Å². The van der Waals surface area contributed by atoms with Gasteiger partial charge in [0.2, 0.25) is 5.91 Å². The average molecular weight is 464 g/mol. The maximum atomic E-state index is 11.4. The van der Waals surface area contributed by atoms with E-state index in [-0.39, 0.29) is 18.3 Å². The van der Waals surface area contributed by atoms with Crippen LogP contribution in [0, 0.1) is 6.92 Å². The number of anilines is 1. The summed E-state index contributed by atoms with van der Waals surface area (Å²) in [6, 6.07) is 7.65. The molecule has 3 aromatic rings. The lowest BCUT2D eigenvalue weighted by atomic mass is 10.2. The van der Waals surface area contributed by atoms with E-state index in [9.17, 15) is 4.79 Å². The van der Waals surface area contributed by atoms with Gasteiger partial charge in [-0.15, -0.1) is 12.4 Å². The second-order valence-electron chi connectivity index (χ2n) is 7.61. The Hall–Kier alpha value is -2.42. The second-order valence-corrected chi connectivity index (χ2v) is 8.01. The maximum Gasteiger partial charge on any atom is 0.216 e. The molecule has 1 N–H and O–H groups in total. The molecular formula is C21H27Cl2N7O. The lowest BCUT2D eigenvalue weighted by molar-refractivity contribution is -0.118. The van der Waals surface area contributed by atoms with Crippen molar-refractivity contribution in [3.8, 4) is 11.4 Å². The standard InChI is InChI=1S/C21H26ClN7O.ClH/c1-14-24-20(28-12-10-27(3)11-13-28)18-21(25-14)29(9-8-23-15(2)30)19(26-18)16-6-4-5-7-17(16)22;/h4-7H,8-13H2,1-3H3,(H,23,30);1H. The first kappa shape index (κ1) is 23.2. The lowest BCUT2D eigenvalue weighted by Crippen LogP contribution is -2.45. The summed E-state index contributed by atoms with van der Waals surface area (Å²) in [6.45, 7) is 8.17. The Morgan fingerprint density at radius 1 is 1.13 bits per heavy atom. The second kappa shape index (κ2) is 9.80. The Morgan fingerprint density at radius 2 is 1.84 bits per heavy atom. The van der Waals surface area contributed by atoms with Crippen molar-refractivity contribution in [3.05, 3.63) is 35.1 Å². The number of aromatic nitrogens is 4. The molecule has 1 saturated heterocycles. The van der Waals surface area contributed by atoms with Gasteiger partial charge in [0.1, 0.15) is 11.6 Å². The highest BCUT2D eigenvalue weighted by molar-refractivity contribution is 6.33. The van der Waals surface area contributed by atoms with Gasteiger partial charge in [0.15, 0.2) is 17.0 Å². The number of hydrogen-bond acceptors (Lipinski definition) is 6. The summed E-state index contributed by atoms with van der Waals surface area (Å²) in [5.41, 5.74) is 2.36. The minimum absolute atomic E-state index is 0. The largest absolute Gasteiger partial charge is 0.355 e. The lowest BCUT2D eigenvalue weighted by Gasteiger charge is -2.33. The van der Waals surface area contributed by atoms with E-state index >= 15 is 0 Å². The van der Waals surface area contributed by atoms with Crippen LogP contribution in [0.3, 0.4) is 0 Å². The molecule has 2 aromatic heterocycles. The fourth-order valence-electron chi connectivity index (χ4n) is 3.73. The number of fused-ring (bicyclic) bond motifs is 1. The minimum Gasteiger partial charge on any atom is -0.355 e. The van der Waals surface area contributed by atoms with E-state index in [1.807, 2.05) is 35.8 Å². The fraction of sp³-hybridized carbons (Fsp3) is 0.429. The first-order valence-electron chi connectivity index (χ1n) is 10.1. The molecule has 0 saturated carbocycles. The Morgan fingerprint density at radius 3 is 2.52 bits per heavy atom. The number of aryl methyl sites for hydroxylation is 1. The topological polar surface area (TPSA) is 79.2 Å². The molecule has 1 aliphatic rings. The summed E-state index contributed by atoms with van der Waals surface area (Å²) < 4.78 is 2.03. The summed E-state index contributed by atoms with van der Waals surface area (Å²) in [6.07, 6.45) is 0. The van der Waals surface area contributed by atoms with Crippen molar-refractivity contribution in [2.45, 2.75) is 20.4 Å². The van der Waals surface area contributed by atoms with Crippen molar-refractivity contribution in [1.29, 1.82) is 0 Å². The van der Waals surface area contributed by atoms with E-state index in [0.29, 0.717) is 23.9 Å². The van der Waals surface area contributed by atoms with Crippen LogP contribution in [-0.2, 0) is 11.3 Å². The smallest absolute Gasteiger partial charge is 0.216 e. The van der Waals surface area contributed by atoms with Gasteiger partial charge >= 0.3 is 0 Å². The van der Waals surface area contributed by atoms with Crippen molar-refractivity contribution in [2.24, 2.45) is 0 Å². The number of carbonyl (C=O) groups is 1. The first-order chi connectivity index (χ1) is 14.4. The van der Waals surface area contributed by atoms with Crippen molar-refractivity contribution < 1.29 is 4.79 Å². The summed E-state index contributed by atoms with van der Waals surface area (Å²) in [5, 5.41) is 3.48. The van der Waals surface area contributed by atoms with Gasteiger partial charge in [-0.05, 0) is 26.1 Å². The van der Waals surface area contributed by atoms with Crippen LogP contribution in [0.1, 0.15) is 12.7 Å². The van der Waals surface area contributed by atoms with Gasteiger partial charge in [-0.25, -0.2) is 15.0 Å². The Kier molecular flexibility index (Phi) is 7.35. The zero-order valence-electron chi connectivity index (χ0n) is 17.9. The highest BCUT2D eigenvalue weighted by Gasteiger charge is 2.24. The van der Waals surface area contributed by atoms with Gasteiger partial charge in [0.05, 0.1) is 5.02 Å². The quantitative estimate of drug-likeness (QED) is 0.626. The molecule has 10 heteroatoms. The molecule has 1 aliphatic heterocycles. The minimum atomic E-state index is -0.0670. The predicted octanol–water partition coefficient (Wildman–Crippen LogP) is 2.76. The van der Waals surface area contributed by atoms with Crippen LogP contribution in [0.2, 0.25) is 5.02 Å². The average Bonchev–Trinajstić information content (AvgIpc) is 3.06. The van der Waals surface area contributed by atoms with E-state index in [2.05, 4.69) is 22.2 Å². The third-order valence-electron chi connectivity index (χ3n) is 5.31. The van der Waals surface area contributed by atoms with Gasteiger partial charge in [-0.3, -0.25) is 4.79 Å². The van der Waals surface area contributed by atoms with E-state index in [1.165, 1.54) is 6.92 Å². The molecule has 166 valence electrons. The van der Waals surface area contributed by atoms with Gasteiger partial charge in [0.25, 0.3) is 0 Å². The van der Waals surface area contributed by atoms with Gasteiger partial charge in [-0.1, -0.05) is 23.7 Å². The number of likely N-dealkylation sites (N-methyl/N-ethyl adjacent to an activating group) is 1. The zero-order valence-corrected chi connectivity index (χ0v) is 19.5. The number of nitrogens with one attached hydrogen (secondary N) is 1. The molecule has 31 heavy (non-hydrogen) atoms. The van der Waals surface area contributed by atoms with Gasteiger partial charge < -0.3 is 19.7 Å². The van der Waals surface area contributed by atoms with Crippen LogP contribution in [0.5, 0.6) is 0 Å². The van der Waals surface area contributed by atoms with Gasteiger partial charge in [-0.2, -0.15) is 0 Å². The van der Waals surface area contributed by atoms with Crippen LogP contribution in [0.4, 0.5) is 5.82 Å². The molecule has 0 bridgehead atoms. The third-order valence-corrected chi connectivity index (χ3v) is 5.64. The van der Waals surface area contributed by atoms with Crippen LogP contribution in [0.15, 0.2) is 24.3 Å². The number of nitrogens with zero attached hydrogens (tertiary/aromatic N) is 6. The van der Waals surface area contributed by atoms with Crippen LogP contribution < -0.4 is 10.2 Å². The van der Waals surface area contributed by atoms with Crippen molar-refractivity contribution >= 4 is 46.9 Å². The van der Waals surface area contributed by atoms with Gasteiger partial charge in [0, 0.05) is 51.8 Å². The summed E-state index contributed by atoms with van der Waals surface area (Å²) in [7, 11) is 2.13. The SMILES string of the molecule is CC(=O)NCCn1c(-c2ccccc2Cl)nc2c(N3CCN(C)CC3)nc(C)nc21.Cl. The van der Waals surface area contributed by atoms with Crippen molar-refractivity contribution in [1.82, 2.24) is 29.7 Å². The molecule has 3 heterocycles. The van der Waals surface area contributed by atoms with Crippen molar-refractivity contribution in [3.63, 3.8) is 0 Å². The molecule has 8 nitrogen and oxygen atoms in total. The molecule has 4 rings (SSSR count). The number of halogens is 2. The molecule has 1 aromatic carbocycles. The third kappa shape index (κ3) is 4.92. The monoisotopic (exact) mass is 463 g/mol.